The number of carbonyl (C=O) groups excluding carboxylic acids is 1. The average molecular weight is 266 g/mol. The van der Waals surface area contributed by atoms with E-state index >= 15 is 0 Å². The first-order valence-corrected chi connectivity index (χ1v) is 6.03. The zero-order valence-corrected chi connectivity index (χ0v) is 10.4. The third-order valence-corrected chi connectivity index (χ3v) is 3.32. The molecule has 1 saturated heterocycles. The predicted molar refractivity (Wildman–Crippen MR) is 67.5 cm³/mol. The van der Waals surface area contributed by atoms with Crippen LogP contribution in [0.25, 0.3) is 0 Å². The van der Waals surface area contributed by atoms with Crippen molar-refractivity contribution in [1.29, 1.82) is 0 Å². The number of hydrogen-bond acceptors (Lipinski definition) is 3. The second kappa shape index (κ2) is 5.36. The highest BCUT2D eigenvalue weighted by molar-refractivity contribution is 5.94. The number of benzene rings is 1. The molecule has 1 fully saturated rings. The van der Waals surface area contributed by atoms with Gasteiger partial charge in [0, 0.05) is 12.2 Å². The summed E-state index contributed by atoms with van der Waals surface area (Å²) >= 11 is 0. The maximum absolute atomic E-state index is 13.5. The highest BCUT2D eigenvalue weighted by Crippen LogP contribution is 2.20. The Morgan fingerprint density at radius 1 is 1.42 bits per heavy atom. The lowest BCUT2D eigenvalue weighted by Gasteiger charge is -2.14. The maximum atomic E-state index is 13.5. The summed E-state index contributed by atoms with van der Waals surface area (Å²) in [6.45, 7) is 3.35. The Hall–Kier alpha value is -1.95. The van der Waals surface area contributed by atoms with Crippen molar-refractivity contribution in [2.24, 2.45) is 11.8 Å². The van der Waals surface area contributed by atoms with Crippen molar-refractivity contribution in [2.75, 3.05) is 18.4 Å². The van der Waals surface area contributed by atoms with E-state index in [-0.39, 0.29) is 23.4 Å². The summed E-state index contributed by atoms with van der Waals surface area (Å²) in [6, 6.07) is 3.55. The summed E-state index contributed by atoms with van der Waals surface area (Å²) in [4.78, 5) is 22.6. The third-order valence-electron chi connectivity index (χ3n) is 3.32. The Labute approximate surface area is 109 Å². The van der Waals surface area contributed by atoms with Crippen LogP contribution in [-0.2, 0) is 4.79 Å². The molecule has 1 aromatic rings. The van der Waals surface area contributed by atoms with Gasteiger partial charge in [-0.2, -0.15) is 0 Å². The molecular weight excluding hydrogens is 251 g/mol. The summed E-state index contributed by atoms with van der Waals surface area (Å²) in [5.41, 5.74) is -0.138. The van der Waals surface area contributed by atoms with Gasteiger partial charge in [-0.1, -0.05) is 6.92 Å². The van der Waals surface area contributed by atoms with E-state index in [9.17, 15) is 14.0 Å². The number of rotatable bonds is 3. The highest BCUT2D eigenvalue weighted by atomic mass is 19.1. The van der Waals surface area contributed by atoms with Gasteiger partial charge in [0.25, 0.3) is 0 Å². The Morgan fingerprint density at radius 3 is 2.68 bits per heavy atom. The molecule has 0 aromatic heterocycles. The smallest absolute Gasteiger partial charge is 0.338 e. The van der Waals surface area contributed by atoms with Gasteiger partial charge in [0.15, 0.2) is 0 Å². The zero-order valence-electron chi connectivity index (χ0n) is 10.4. The molecular formula is C13H15FN2O3. The summed E-state index contributed by atoms with van der Waals surface area (Å²) in [5.74, 6) is -2.29. The molecule has 6 heteroatoms. The van der Waals surface area contributed by atoms with Crippen LogP contribution >= 0.6 is 0 Å². The predicted octanol–water partition coefficient (Wildman–Crippen LogP) is 1.32. The number of hydrogen-bond donors (Lipinski definition) is 3. The molecule has 2 atom stereocenters. The van der Waals surface area contributed by atoms with Crippen LogP contribution in [0.1, 0.15) is 17.3 Å². The molecule has 1 aliphatic heterocycles. The van der Waals surface area contributed by atoms with Crippen molar-refractivity contribution >= 4 is 17.6 Å². The fourth-order valence-corrected chi connectivity index (χ4v) is 2.16. The van der Waals surface area contributed by atoms with E-state index in [1.807, 2.05) is 6.92 Å². The largest absolute Gasteiger partial charge is 0.478 e. The van der Waals surface area contributed by atoms with Gasteiger partial charge in [0.1, 0.15) is 5.82 Å². The number of amides is 1. The molecule has 2 rings (SSSR count). The number of aromatic carboxylic acids is 1. The van der Waals surface area contributed by atoms with Gasteiger partial charge in [0.2, 0.25) is 5.91 Å². The Bertz CT molecular complexity index is 519. The molecule has 0 radical (unpaired) electrons. The first-order valence-electron chi connectivity index (χ1n) is 6.03. The van der Waals surface area contributed by atoms with E-state index in [2.05, 4.69) is 10.6 Å². The fraction of sp³-hybridized carbons (Fsp3) is 0.385. The number of carbonyl (C=O) groups is 2. The van der Waals surface area contributed by atoms with Crippen LogP contribution in [0.2, 0.25) is 0 Å². The minimum Gasteiger partial charge on any atom is -0.478 e. The van der Waals surface area contributed by atoms with Gasteiger partial charge in [-0.25, -0.2) is 9.18 Å². The molecule has 102 valence electrons. The second-order valence-electron chi connectivity index (χ2n) is 4.73. The fourth-order valence-electron chi connectivity index (χ4n) is 2.16. The van der Waals surface area contributed by atoms with Crippen molar-refractivity contribution in [1.82, 2.24) is 5.32 Å². The number of carboxylic acid groups (broad SMARTS) is 1. The quantitative estimate of drug-likeness (QED) is 0.771. The lowest BCUT2D eigenvalue weighted by Crippen LogP contribution is -2.27. The van der Waals surface area contributed by atoms with Crippen molar-refractivity contribution in [3.8, 4) is 0 Å². The molecule has 1 aromatic carbocycles. The summed E-state index contributed by atoms with van der Waals surface area (Å²) in [6.07, 6.45) is 0. The minimum absolute atomic E-state index is 0.151. The second-order valence-corrected chi connectivity index (χ2v) is 4.73. The van der Waals surface area contributed by atoms with Gasteiger partial charge in [0.05, 0.1) is 11.5 Å². The van der Waals surface area contributed by atoms with Crippen LogP contribution in [0.5, 0.6) is 0 Å². The third kappa shape index (κ3) is 2.90. The van der Waals surface area contributed by atoms with Crippen LogP contribution < -0.4 is 10.6 Å². The maximum Gasteiger partial charge on any atom is 0.338 e. The van der Waals surface area contributed by atoms with Gasteiger partial charge >= 0.3 is 5.97 Å². The van der Waals surface area contributed by atoms with Crippen LogP contribution in [0.3, 0.4) is 0 Å². The van der Waals surface area contributed by atoms with Gasteiger partial charge in [-0.3, -0.25) is 4.79 Å². The van der Waals surface area contributed by atoms with E-state index in [1.165, 1.54) is 6.07 Å². The van der Waals surface area contributed by atoms with Crippen molar-refractivity contribution in [3.63, 3.8) is 0 Å². The normalized spacial score (nSPS) is 22.2. The zero-order chi connectivity index (χ0) is 14.0. The van der Waals surface area contributed by atoms with Crippen LogP contribution in [0.15, 0.2) is 18.2 Å². The minimum atomic E-state index is -1.33. The lowest BCUT2D eigenvalue weighted by atomic mass is 9.97. The van der Waals surface area contributed by atoms with Gasteiger partial charge in [-0.05, 0) is 30.7 Å². The summed E-state index contributed by atoms with van der Waals surface area (Å²) in [5, 5.41) is 14.4. The molecule has 0 saturated carbocycles. The summed E-state index contributed by atoms with van der Waals surface area (Å²) < 4.78 is 13.5. The van der Waals surface area contributed by atoms with Gasteiger partial charge < -0.3 is 15.7 Å². The molecule has 0 spiro atoms. The number of halogens is 1. The van der Waals surface area contributed by atoms with Crippen LogP contribution in [-0.4, -0.2) is 30.1 Å². The molecule has 0 aliphatic carbocycles. The van der Waals surface area contributed by atoms with E-state index in [0.717, 1.165) is 18.7 Å². The Morgan fingerprint density at radius 2 is 2.16 bits per heavy atom. The van der Waals surface area contributed by atoms with Crippen LogP contribution in [0.4, 0.5) is 10.1 Å². The van der Waals surface area contributed by atoms with E-state index in [4.69, 9.17) is 5.11 Å². The van der Waals surface area contributed by atoms with Gasteiger partial charge in [-0.15, -0.1) is 0 Å². The standard InChI is InChI=1S/C13H15FN2O3/c1-7-5-15-6-10(7)12(17)16-8-2-3-9(13(18)19)11(14)4-8/h2-4,7,10,15H,5-6H2,1H3,(H,16,17)(H,18,19). The molecule has 1 heterocycles. The van der Waals surface area contributed by atoms with Crippen molar-refractivity contribution < 1.29 is 19.1 Å². The van der Waals surface area contributed by atoms with E-state index < -0.39 is 17.3 Å². The summed E-state index contributed by atoms with van der Waals surface area (Å²) in [7, 11) is 0. The van der Waals surface area contributed by atoms with E-state index in [1.54, 1.807) is 0 Å². The number of nitrogens with one attached hydrogen (secondary N) is 2. The SMILES string of the molecule is CC1CNCC1C(=O)Nc1ccc(C(=O)O)c(F)c1. The molecule has 5 nitrogen and oxygen atoms in total. The van der Waals surface area contributed by atoms with Crippen LogP contribution in [0, 0.1) is 17.7 Å². The van der Waals surface area contributed by atoms with E-state index in [0.29, 0.717) is 6.54 Å². The molecule has 0 bridgehead atoms. The Kier molecular flexibility index (Phi) is 3.80. The molecule has 1 aliphatic rings. The molecule has 2 unspecified atom stereocenters. The molecule has 3 N–H and O–H groups in total. The topological polar surface area (TPSA) is 78.4 Å². The first-order chi connectivity index (χ1) is 8.99. The first kappa shape index (κ1) is 13.5. The number of carboxylic acids is 1. The van der Waals surface area contributed by atoms with Crippen molar-refractivity contribution in [2.45, 2.75) is 6.92 Å². The Balaban J connectivity index is 2.09. The highest BCUT2D eigenvalue weighted by Gasteiger charge is 2.29. The lowest BCUT2D eigenvalue weighted by molar-refractivity contribution is -0.120. The van der Waals surface area contributed by atoms with Crippen molar-refractivity contribution in [3.05, 3.63) is 29.6 Å². The molecule has 1 amide bonds. The average Bonchev–Trinajstić information content (AvgIpc) is 2.75. The molecule has 19 heavy (non-hydrogen) atoms. The monoisotopic (exact) mass is 266 g/mol. The number of anilines is 1.